The number of aryl methyl sites for hydroxylation is 1. The normalized spacial score (nSPS) is 19.8. The molecule has 0 spiro atoms. The van der Waals surface area contributed by atoms with E-state index in [1.807, 2.05) is 23.1 Å². The van der Waals surface area contributed by atoms with Gasteiger partial charge in [-0.15, -0.1) is 0 Å². The molecule has 4 aliphatic rings. The van der Waals surface area contributed by atoms with Crippen LogP contribution in [0.3, 0.4) is 0 Å². The zero-order valence-corrected chi connectivity index (χ0v) is 39.5. The highest BCUT2D eigenvalue weighted by Crippen LogP contribution is 2.34. The zero-order chi connectivity index (χ0) is 47.3. The van der Waals surface area contributed by atoms with E-state index >= 15 is 0 Å². The molecule has 356 valence electrons. The minimum atomic E-state index is -0.704. The van der Waals surface area contributed by atoms with Crippen molar-refractivity contribution in [1.29, 1.82) is 0 Å². The van der Waals surface area contributed by atoms with Crippen LogP contribution in [0.4, 0.5) is 4.39 Å². The number of unbranched alkanes of at least 4 members (excludes halogenated alkanes) is 1. The van der Waals surface area contributed by atoms with E-state index in [-0.39, 0.29) is 53.5 Å². The van der Waals surface area contributed by atoms with E-state index < -0.39 is 11.9 Å². The number of fused-ring (bicyclic) bond motifs is 2. The van der Waals surface area contributed by atoms with Gasteiger partial charge in [0.05, 0.1) is 11.0 Å². The Bertz CT molecular complexity index is 2800. The summed E-state index contributed by atoms with van der Waals surface area (Å²) in [6.07, 6.45) is 8.36. The van der Waals surface area contributed by atoms with Gasteiger partial charge in [0.15, 0.2) is 0 Å². The summed E-state index contributed by atoms with van der Waals surface area (Å²) in [5.74, 6) is 7.04. The average Bonchev–Trinajstić information content (AvgIpc) is 3.61. The van der Waals surface area contributed by atoms with E-state index in [1.54, 1.807) is 17.7 Å². The number of likely N-dealkylation sites (tertiary alicyclic amines) is 3. The number of amides is 4. The number of aromatic nitrogens is 2. The van der Waals surface area contributed by atoms with Crippen molar-refractivity contribution >= 4 is 45.4 Å². The summed E-state index contributed by atoms with van der Waals surface area (Å²) < 4.78 is 16.7. The number of halogens is 1. The largest absolute Gasteiger partial charge is 0.352 e. The Kier molecular flexibility index (Phi) is 14.5. The second kappa shape index (κ2) is 21.0. The Morgan fingerprint density at radius 2 is 1.57 bits per heavy atom. The number of carbonyl (C=O) groups is 4. The molecule has 4 aromatic carbocycles. The molecule has 2 N–H and O–H groups in total. The van der Waals surface area contributed by atoms with Gasteiger partial charge >= 0.3 is 5.69 Å². The molecule has 0 aliphatic carbocycles. The van der Waals surface area contributed by atoms with Crippen molar-refractivity contribution in [3.05, 3.63) is 117 Å². The van der Waals surface area contributed by atoms with Crippen molar-refractivity contribution in [3.8, 4) is 11.8 Å². The van der Waals surface area contributed by atoms with Crippen molar-refractivity contribution in [1.82, 2.24) is 34.5 Å². The van der Waals surface area contributed by atoms with E-state index in [4.69, 9.17) is 0 Å². The van der Waals surface area contributed by atoms with Crippen LogP contribution in [0.1, 0.15) is 118 Å². The van der Waals surface area contributed by atoms with Gasteiger partial charge in [-0.05, 0) is 161 Å². The third-order valence-corrected chi connectivity index (χ3v) is 15.3. The fraction of sp³-hybridized carbons (Fsp3) is 0.473. The van der Waals surface area contributed by atoms with Gasteiger partial charge in [0, 0.05) is 63.0 Å². The van der Waals surface area contributed by atoms with E-state index in [1.165, 1.54) is 33.0 Å². The minimum absolute atomic E-state index is 0.0412. The van der Waals surface area contributed by atoms with Gasteiger partial charge in [0.1, 0.15) is 11.9 Å². The molecule has 0 bridgehead atoms. The molecule has 4 aliphatic heterocycles. The second-order valence-electron chi connectivity index (χ2n) is 19.5. The summed E-state index contributed by atoms with van der Waals surface area (Å²) in [7, 11) is 1.72. The lowest BCUT2D eigenvalue weighted by Gasteiger charge is -2.36. The molecule has 4 amide bonds. The maximum absolute atomic E-state index is 13.6. The van der Waals surface area contributed by atoms with Gasteiger partial charge in [0.2, 0.25) is 23.6 Å². The molecule has 4 saturated heterocycles. The number of imidazole rings is 1. The number of benzene rings is 4. The SMILES string of the molecule is C[C@H](c1ccc(C#CC2CCN(CCCCC(=O)N3CCC(c4ccc5c(c4)n(C)c(=O)n5C4CCC(=O)NC4=O)CC3)CC2)c2ccccc12)N1CCC(C(=O)NCc2cccc(F)c2)CC1. The molecular weight excluding hydrogens is 858 g/mol. The van der Waals surface area contributed by atoms with Crippen LogP contribution < -0.4 is 16.3 Å². The average molecular weight is 922 g/mol. The molecule has 0 radical (unpaired) electrons. The minimum Gasteiger partial charge on any atom is -0.352 e. The molecule has 1 unspecified atom stereocenters. The van der Waals surface area contributed by atoms with E-state index in [2.05, 4.69) is 81.7 Å². The van der Waals surface area contributed by atoms with Gasteiger partial charge in [0.25, 0.3) is 0 Å². The first-order chi connectivity index (χ1) is 33.0. The lowest BCUT2D eigenvalue weighted by Crippen LogP contribution is -2.44. The summed E-state index contributed by atoms with van der Waals surface area (Å²) in [5, 5.41) is 7.79. The number of nitrogens with one attached hydrogen (secondary N) is 2. The fourth-order valence-corrected chi connectivity index (χ4v) is 11.1. The van der Waals surface area contributed by atoms with Gasteiger partial charge in [-0.2, -0.15) is 0 Å². The highest BCUT2D eigenvalue weighted by Gasteiger charge is 2.33. The maximum Gasteiger partial charge on any atom is 0.329 e. The molecule has 5 aromatic rings. The van der Waals surface area contributed by atoms with Crippen LogP contribution in [0, 0.1) is 29.5 Å². The highest BCUT2D eigenvalue weighted by atomic mass is 19.1. The van der Waals surface area contributed by atoms with Crippen LogP contribution in [0.15, 0.2) is 83.7 Å². The topological polar surface area (TPSA) is 129 Å². The number of carbonyl (C=O) groups excluding carboxylic acids is 4. The van der Waals surface area contributed by atoms with Crippen LogP contribution in [-0.2, 0) is 32.8 Å². The van der Waals surface area contributed by atoms with Crippen LogP contribution in [0.5, 0.6) is 0 Å². The molecule has 1 aromatic heterocycles. The molecule has 0 saturated carbocycles. The predicted molar refractivity (Wildman–Crippen MR) is 262 cm³/mol. The molecule has 2 atom stereocenters. The molecule has 12 nitrogen and oxygen atoms in total. The first-order valence-corrected chi connectivity index (χ1v) is 24.8. The smallest absolute Gasteiger partial charge is 0.329 e. The molecule has 5 heterocycles. The third kappa shape index (κ3) is 10.5. The van der Waals surface area contributed by atoms with Crippen LogP contribution in [-0.4, -0.2) is 93.3 Å². The van der Waals surface area contributed by atoms with Crippen molar-refractivity contribution < 1.29 is 23.6 Å². The fourth-order valence-electron chi connectivity index (χ4n) is 11.1. The Morgan fingerprint density at radius 1 is 0.809 bits per heavy atom. The lowest BCUT2D eigenvalue weighted by molar-refractivity contribution is -0.136. The highest BCUT2D eigenvalue weighted by molar-refractivity contribution is 6.00. The summed E-state index contributed by atoms with van der Waals surface area (Å²) in [6, 6.07) is 24.9. The summed E-state index contributed by atoms with van der Waals surface area (Å²) in [4.78, 5) is 70.8. The number of rotatable bonds is 12. The Hall–Kier alpha value is -6.10. The maximum atomic E-state index is 13.6. The van der Waals surface area contributed by atoms with Crippen LogP contribution in [0.2, 0.25) is 0 Å². The number of imide groups is 1. The number of hydrogen-bond donors (Lipinski definition) is 2. The molecular formula is C55H64FN7O5. The molecule has 13 heteroatoms. The first kappa shape index (κ1) is 47.0. The molecule has 68 heavy (non-hydrogen) atoms. The summed E-state index contributed by atoms with van der Waals surface area (Å²) in [6.45, 7) is 8.75. The number of nitrogens with zero attached hydrogens (tertiary/aromatic N) is 5. The van der Waals surface area contributed by atoms with Crippen molar-refractivity contribution in [2.75, 3.05) is 45.8 Å². The van der Waals surface area contributed by atoms with Crippen LogP contribution >= 0.6 is 0 Å². The van der Waals surface area contributed by atoms with Gasteiger partial charge in [-0.3, -0.25) is 38.5 Å². The Morgan fingerprint density at radius 3 is 2.32 bits per heavy atom. The van der Waals surface area contributed by atoms with E-state index in [0.29, 0.717) is 30.8 Å². The van der Waals surface area contributed by atoms with Gasteiger partial charge in [-0.25, -0.2) is 9.18 Å². The monoisotopic (exact) mass is 921 g/mol. The summed E-state index contributed by atoms with van der Waals surface area (Å²) >= 11 is 0. The summed E-state index contributed by atoms with van der Waals surface area (Å²) in [5.41, 5.74) is 5.44. The zero-order valence-electron chi connectivity index (χ0n) is 39.5. The molecule has 9 rings (SSSR count). The van der Waals surface area contributed by atoms with E-state index in [0.717, 1.165) is 119 Å². The molecule has 4 fully saturated rings. The predicted octanol–water partition coefficient (Wildman–Crippen LogP) is 7.34. The Labute approximate surface area is 398 Å². The van der Waals surface area contributed by atoms with E-state index in [9.17, 15) is 28.4 Å². The number of piperidine rings is 4. The van der Waals surface area contributed by atoms with Gasteiger partial charge < -0.3 is 15.1 Å². The second-order valence-corrected chi connectivity index (χ2v) is 19.5. The lowest BCUT2D eigenvalue weighted by atomic mass is 9.89. The Balaban J connectivity index is 0.695. The quantitative estimate of drug-likeness (QED) is 0.0762. The van der Waals surface area contributed by atoms with Crippen molar-refractivity contribution in [3.63, 3.8) is 0 Å². The number of hydrogen-bond acceptors (Lipinski definition) is 7. The first-order valence-electron chi connectivity index (χ1n) is 24.8. The van der Waals surface area contributed by atoms with Gasteiger partial charge in [-0.1, -0.05) is 60.4 Å². The standard InChI is InChI=1S/C55H64FN7O5/c1-37(61-30-25-42(26-31-61)53(66)57-36-39-8-7-9-44(56)34-39)45-17-15-41(46-10-3-4-11-47(45)46)14-13-38-21-28-60(29-22-38)27-6-5-12-52(65)62-32-23-40(24-33-62)43-16-18-48-50(35-43)59(2)55(68)63(48)49-19-20-51(64)58-54(49)67/h3-4,7-11,15-18,34-35,37-38,40,42,49H,5-6,12,19-33,36H2,1-2H3,(H,57,66)(H,58,64,67)/t37-,49?/m1/s1. The van der Waals surface area contributed by atoms with Crippen molar-refractivity contribution in [2.24, 2.45) is 18.9 Å². The van der Waals surface area contributed by atoms with Crippen LogP contribution in [0.25, 0.3) is 21.8 Å². The van der Waals surface area contributed by atoms with Crippen molar-refractivity contribution in [2.45, 2.75) is 102 Å². The third-order valence-electron chi connectivity index (χ3n) is 15.3.